The van der Waals surface area contributed by atoms with Gasteiger partial charge in [-0.05, 0) is 66.6 Å². The Morgan fingerprint density at radius 2 is 1.49 bits per heavy atom. The van der Waals surface area contributed by atoms with Gasteiger partial charge in [0.15, 0.2) is 0 Å². The summed E-state index contributed by atoms with van der Waals surface area (Å²) in [5, 5.41) is 11.5. The van der Waals surface area contributed by atoms with Gasteiger partial charge in [0, 0.05) is 22.2 Å². The lowest BCUT2D eigenvalue weighted by Crippen LogP contribution is -2.37. The molecule has 0 saturated heterocycles. The lowest BCUT2D eigenvalue weighted by Gasteiger charge is -2.41. The van der Waals surface area contributed by atoms with E-state index in [0.29, 0.717) is 24.6 Å². The van der Waals surface area contributed by atoms with Crippen molar-refractivity contribution in [3.63, 3.8) is 0 Å². The van der Waals surface area contributed by atoms with Crippen molar-refractivity contribution in [3.05, 3.63) is 114 Å². The van der Waals surface area contributed by atoms with Gasteiger partial charge in [0.1, 0.15) is 5.75 Å². The lowest BCUT2D eigenvalue weighted by atomic mass is 9.68. The van der Waals surface area contributed by atoms with Gasteiger partial charge in [-0.1, -0.05) is 74.0 Å². The molecule has 1 aromatic heterocycles. The molecule has 3 aromatic carbocycles. The molecule has 1 heterocycles. The third-order valence-electron chi connectivity index (χ3n) is 8.89. The Hall–Kier alpha value is -4.04. The van der Waals surface area contributed by atoms with Crippen LogP contribution < -0.4 is 15.9 Å². The number of aromatic hydroxyl groups is 1. The molecular formula is C34H32ClF6N3O4S. The van der Waals surface area contributed by atoms with Crippen LogP contribution in [0.1, 0.15) is 78.0 Å². The first-order valence-electron chi connectivity index (χ1n) is 15.6. The van der Waals surface area contributed by atoms with Crippen molar-refractivity contribution in [1.29, 1.82) is 0 Å². The number of nitrogens with one attached hydrogen (secondary N) is 1. The number of anilines is 1. The van der Waals surface area contributed by atoms with E-state index in [9.17, 15) is 45.8 Å². The third kappa shape index (κ3) is 8.77. The van der Waals surface area contributed by atoms with Crippen molar-refractivity contribution >= 4 is 34.7 Å². The van der Waals surface area contributed by atoms with Crippen LogP contribution >= 0.6 is 23.1 Å². The number of halogens is 7. The van der Waals surface area contributed by atoms with E-state index in [0.717, 1.165) is 41.6 Å². The topological polar surface area (TPSA) is 93.3 Å². The predicted octanol–water partition coefficient (Wildman–Crippen LogP) is 8.99. The fourth-order valence-electron chi connectivity index (χ4n) is 6.59. The first-order chi connectivity index (χ1) is 23.1. The second-order valence-corrected chi connectivity index (χ2v) is 13.5. The normalized spacial score (nSPS) is 19.4. The Bertz CT molecular complexity index is 1870. The summed E-state index contributed by atoms with van der Waals surface area (Å²) in [5.74, 6) is -0.310. The number of nitrogens with zero attached hydrogens (tertiary/aromatic N) is 2. The number of amides is 1. The summed E-state index contributed by atoms with van der Waals surface area (Å²) in [6, 6.07) is 14.0. The summed E-state index contributed by atoms with van der Waals surface area (Å²) in [4.78, 5) is 37.2. The highest BCUT2D eigenvalue weighted by Crippen LogP contribution is 2.46. The molecule has 49 heavy (non-hydrogen) atoms. The van der Waals surface area contributed by atoms with E-state index in [-0.39, 0.29) is 27.7 Å². The Morgan fingerprint density at radius 3 is 2.14 bits per heavy atom. The summed E-state index contributed by atoms with van der Waals surface area (Å²) >= 11 is 6.78. The number of phenols is 1. The van der Waals surface area contributed by atoms with Crippen LogP contribution in [0.5, 0.6) is 5.75 Å². The second kappa shape index (κ2) is 14.8. The predicted molar refractivity (Wildman–Crippen MR) is 174 cm³/mol. The van der Waals surface area contributed by atoms with Crippen molar-refractivity contribution in [1.82, 2.24) is 8.52 Å². The molecule has 0 spiro atoms. The second-order valence-electron chi connectivity index (χ2n) is 12.2. The number of phenolic OH excluding ortho intramolecular Hbond substituents is 1. The van der Waals surface area contributed by atoms with E-state index in [2.05, 4.69) is 0 Å². The minimum atomic E-state index is -5.04. The third-order valence-corrected chi connectivity index (χ3v) is 10.1. The first-order valence-corrected chi connectivity index (χ1v) is 16.7. The number of alkyl halides is 6. The van der Waals surface area contributed by atoms with Crippen molar-refractivity contribution in [2.45, 2.75) is 69.9 Å². The zero-order valence-corrected chi connectivity index (χ0v) is 27.4. The zero-order chi connectivity index (χ0) is 35.5. The van der Waals surface area contributed by atoms with Gasteiger partial charge in [0.2, 0.25) is 0 Å². The highest BCUT2D eigenvalue weighted by atomic mass is 35.5. The molecule has 3 atom stereocenters. The molecule has 0 bridgehead atoms. The smallest absolute Gasteiger partial charge is 0.416 e. The fraction of sp³-hybridized carbons (Fsp3) is 0.382. The SMILES string of the molecule is O=C(Nc1cc(C(F)(F)F)cc(C(F)(F)F)c1)c1cc(Cl)ccc1O.O=c1sn(C2CCCC3CCCCC32)c(=O)n1Cc1ccccc1. The van der Waals surface area contributed by atoms with Gasteiger partial charge in [-0.2, -0.15) is 26.3 Å². The Kier molecular flexibility index (Phi) is 11.0. The summed E-state index contributed by atoms with van der Waals surface area (Å²) in [5.41, 5.74) is -3.39. The lowest BCUT2D eigenvalue weighted by molar-refractivity contribution is -0.143. The Labute approximate surface area is 285 Å². The molecule has 2 aliphatic rings. The fourth-order valence-corrected chi connectivity index (χ4v) is 7.74. The summed E-state index contributed by atoms with van der Waals surface area (Å²) in [7, 11) is 0. The van der Waals surface area contributed by atoms with Crippen LogP contribution in [0.15, 0.2) is 76.3 Å². The van der Waals surface area contributed by atoms with Gasteiger partial charge in [-0.15, -0.1) is 0 Å². The van der Waals surface area contributed by atoms with Gasteiger partial charge < -0.3 is 10.4 Å². The van der Waals surface area contributed by atoms with Crippen molar-refractivity contribution < 1.29 is 36.2 Å². The van der Waals surface area contributed by atoms with Gasteiger partial charge in [0.25, 0.3) is 5.91 Å². The van der Waals surface area contributed by atoms with Crippen molar-refractivity contribution in [2.75, 3.05) is 5.32 Å². The van der Waals surface area contributed by atoms with E-state index in [4.69, 9.17) is 11.6 Å². The van der Waals surface area contributed by atoms with Crippen LogP contribution in [-0.4, -0.2) is 19.5 Å². The summed E-state index contributed by atoms with van der Waals surface area (Å²) in [6.07, 6.45) is -1.44. The van der Waals surface area contributed by atoms with Crippen LogP contribution in [0.2, 0.25) is 5.02 Å². The van der Waals surface area contributed by atoms with E-state index in [1.807, 2.05) is 39.6 Å². The number of fused-ring (bicyclic) bond motifs is 1. The number of hydrogen-bond acceptors (Lipinski definition) is 5. The standard InChI is InChI=1S/C19H24N2O2S.C15H8ClF6NO2/c22-18-20(13-14-7-2-1-3-8-14)19(23)24-21(18)17-12-6-10-15-9-4-5-11-16(15)17;16-9-1-2-12(24)11(6-9)13(25)23-10-4-7(14(17,18)19)3-8(5-10)15(20,21)22/h1-3,7-8,15-17H,4-6,9-13H2;1-6,24H,(H,23,25). The molecule has 3 unspecified atom stereocenters. The number of hydrogen-bond donors (Lipinski definition) is 2. The Morgan fingerprint density at radius 1 is 0.857 bits per heavy atom. The van der Waals surface area contributed by atoms with Crippen LogP contribution in [0.3, 0.4) is 0 Å². The van der Waals surface area contributed by atoms with Crippen LogP contribution in [0, 0.1) is 11.8 Å². The quantitative estimate of drug-likeness (QED) is 0.201. The van der Waals surface area contributed by atoms with Gasteiger partial charge in [-0.25, -0.2) is 13.3 Å². The van der Waals surface area contributed by atoms with E-state index < -0.39 is 46.4 Å². The zero-order valence-electron chi connectivity index (χ0n) is 25.9. The molecule has 15 heteroatoms. The summed E-state index contributed by atoms with van der Waals surface area (Å²) in [6.45, 7) is 0.378. The maximum Gasteiger partial charge on any atom is 0.416 e. The molecule has 0 radical (unpaired) electrons. The molecule has 2 saturated carbocycles. The number of carbonyl (C=O) groups is 1. The molecule has 262 valence electrons. The van der Waals surface area contributed by atoms with Crippen molar-refractivity contribution in [2.24, 2.45) is 11.8 Å². The first kappa shape index (κ1) is 36.2. The van der Waals surface area contributed by atoms with Crippen LogP contribution in [-0.2, 0) is 18.9 Å². The molecule has 0 aliphatic heterocycles. The molecule has 1 amide bonds. The van der Waals surface area contributed by atoms with E-state index in [1.165, 1.54) is 49.2 Å². The van der Waals surface area contributed by atoms with Crippen LogP contribution in [0.25, 0.3) is 0 Å². The largest absolute Gasteiger partial charge is 0.507 e. The average molecular weight is 728 g/mol. The maximum atomic E-state index is 12.9. The molecule has 2 N–H and O–H groups in total. The molecular weight excluding hydrogens is 696 g/mol. The van der Waals surface area contributed by atoms with Gasteiger partial charge in [-0.3, -0.25) is 9.59 Å². The maximum absolute atomic E-state index is 12.9. The molecule has 2 fully saturated rings. The van der Waals surface area contributed by atoms with Gasteiger partial charge in [0.05, 0.1) is 29.3 Å². The highest BCUT2D eigenvalue weighted by molar-refractivity contribution is 7.03. The average Bonchev–Trinajstić information content (AvgIpc) is 3.33. The molecule has 4 aromatic rings. The van der Waals surface area contributed by atoms with E-state index in [1.54, 1.807) is 0 Å². The number of carbonyl (C=O) groups excluding carboxylic acids is 1. The summed E-state index contributed by atoms with van der Waals surface area (Å²) < 4.78 is 79.9. The molecule has 6 rings (SSSR count). The minimum absolute atomic E-state index is 0.0444. The van der Waals surface area contributed by atoms with E-state index >= 15 is 0 Å². The number of aromatic nitrogens is 2. The molecule has 7 nitrogen and oxygen atoms in total. The number of rotatable bonds is 5. The number of benzene rings is 3. The van der Waals surface area contributed by atoms with Crippen molar-refractivity contribution in [3.8, 4) is 5.75 Å². The van der Waals surface area contributed by atoms with Gasteiger partial charge >= 0.3 is 22.9 Å². The highest BCUT2D eigenvalue weighted by Gasteiger charge is 2.38. The Balaban J connectivity index is 0.000000191. The van der Waals surface area contributed by atoms with Crippen LogP contribution in [0.4, 0.5) is 32.0 Å². The monoisotopic (exact) mass is 727 g/mol. The molecule has 2 aliphatic carbocycles. The minimum Gasteiger partial charge on any atom is -0.507 e.